The van der Waals surface area contributed by atoms with E-state index in [1.165, 1.54) is 30.5 Å². The second kappa shape index (κ2) is 7.81. The van der Waals surface area contributed by atoms with Gasteiger partial charge in [0.15, 0.2) is 0 Å². The lowest BCUT2D eigenvalue weighted by Crippen LogP contribution is -2.15. The van der Waals surface area contributed by atoms with E-state index < -0.39 is 15.9 Å². The number of sulfonamides is 1. The molecule has 9 heteroatoms. The van der Waals surface area contributed by atoms with Crippen molar-refractivity contribution in [2.75, 3.05) is 10.6 Å². The molecule has 0 aliphatic heterocycles. The normalized spacial score (nSPS) is 11.5. The van der Waals surface area contributed by atoms with Crippen LogP contribution in [0.15, 0.2) is 65.2 Å². The largest absolute Gasteiger partial charge is 0.360 e. The highest BCUT2D eigenvalue weighted by atomic mass is 35.5. The average Bonchev–Trinajstić information content (AvgIpc) is 2.57. The van der Waals surface area contributed by atoms with Crippen molar-refractivity contribution in [3.05, 3.63) is 65.3 Å². The Bertz CT molecular complexity index is 964. The van der Waals surface area contributed by atoms with Crippen LogP contribution < -0.4 is 15.8 Å². The Morgan fingerprint density at radius 1 is 1.16 bits per heavy atom. The SMILES string of the molecule is N#C/C(=C/Nc1ccc(S(N)(=O)=O)cc1)C(=O)Nc1ccccc1Cl. The summed E-state index contributed by atoms with van der Waals surface area (Å²) in [6.45, 7) is 0. The number of nitriles is 1. The van der Waals surface area contributed by atoms with E-state index in [1.807, 2.05) is 0 Å². The van der Waals surface area contributed by atoms with Crippen LogP contribution in [0.25, 0.3) is 0 Å². The number of primary sulfonamides is 1. The van der Waals surface area contributed by atoms with Gasteiger partial charge >= 0.3 is 0 Å². The van der Waals surface area contributed by atoms with Crippen molar-refractivity contribution in [2.24, 2.45) is 5.14 Å². The fourth-order valence-corrected chi connectivity index (χ4v) is 2.50. The molecule has 25 heavy (non-hydrogen) atoms. The first-order valence-electron chi connectivity index (χ1n) is 6.87. The van der Waals surface area contributed by atoms with Gasteiger partial charge in [-0.05, 0) is 36.4 Å². The molecule has 0 unspecified atom stereocenters. The lowest BCUT2D eigenvalue weighted by atomic mass is 10.2. The zero-order valence-corrected chi connectivity index (χ0v) is 14.3. The molecule has 7 nitrogen and oxygen atoms in total. The molecule has 0 radical (unpaired) electrons. The van der Waals surface area contributed by atoms with Gasteiger partial charge in [-0.15, -0.1) is 0 Å². The van der Waals surface area contributed by atoms with E-state index in [0.717, 1.165) is 0 Å². The fraction of sp³-hybridized carbons (Fsp3) is 0. The number of nitrogens with two attached hydrogens (primary N) is 1. The molecule has 0 saturated heterocycles. The predicted octanol–water partition coefficient (Wildman–Crippen LogP) is 2.45. The summed E-state index contributed by atoms with van der Waals surface area (Å²) in [7, 11) is -3.78. The van der Waals surface area contributed by atoms with Crippen LogP contribution >= 0.6 is 11.6 Å². The van der Waals surface area contributed by atoms with E-state index in [9.17, 15) is 13.2 Å². The van der Waals surface area contributed by atoms with E-state index >= 15 is 0 Å². The minimum absolute atomic E-state index is 0.0426. The molecular formula is C16H13ClN4O3S. The Kier molecular flexibility index (Phi) is 5.77. The molecule has 0 bridgehead atoms. The maximum absolute atomic E-state index is 12.1. The Morgan fingerprint density at radius 2 is 1.80 bits per heavy atom. The van der Waals surface area contributed by atoms with Crippen molar-refractivity contribution in [2.45, 2.75) is 4.90 Å². The second-order valence-corrected chi connectivity index (χ2v) is 6.79. The monoisotopic (exact) mass is 376 g/mol. The lowest BCUT2D eigenvalue weighted by molar-refractivity contribution is -0.112. The molecule has 128 valence electrons. The summed E-state index contributed by atoms with van der Waals surface area (Å²) in [6.07, 6.45) is 1.21. The van der Waals surface area contributed by atoms with Gasteiger partial charge < -0.3 is 10.6 Å². The van der Waals surface area contributed by atoms with Gasteiger partial charge in [-0.1, -0.05) is 23.7 Å². The number of para-hydroxylation sites is 1. The van der Waals surface area contributed by atoms with E-state index in [0.29, 0.717) is 16.4 Å². The molecule has 2 rings (SSSR count). The Balaban J connectivity index is 2.11. The second-order valence-electron chi connectivity index (χ2n) is 4.82. The third-order valence-corrected chi connectivity index (χ3v) is 4.31. The summed E-state index contributed by atoms with van der Waals surface area (Å²) in [4.78, 5) is 12.1. The topological polar surface area (TPSA) is 125 Å². The molecule has 2 aromatic rings. The summed E-state index contributed by atoms with van der Waals surface area (Å²) in [5.74, 6) is -0.635. The Labute approximate surface area is 149 Å². The van der Waals surface area contributed by atoms with Crippen LogP contribution in [0, 0.1) is 11.3 Å². The number of nitrogens with zero attached hydrogens (tertiary/aromatic N) is 1. The summed E-state index contributed by atoms with van der Waals surface area (Å²) in [5.41, 5.74) is 0.675. The number of carbonyl (C=O) groups excluding carboxylic acids is 1. The first-order valence-corrected chi connectivity index (χ1v) is 8.79. The first kappa shape index (κ1) is 18.5. The molecule has 0 aliphatic rings. The number of amides is 1. The number of hydrogen-bond donors (Lipinski definition) is 3. The van der Waals surface area contributed by atoms with Crippen molar-refractivity contribution < 1.29 is 13.2 Å². The Hall–Kier alpha value is -2.86. The molecule has 0 saturated carbocycles. The number of rotatable bonds is 5. The van der Waals surface area contributed by atoms with Crippen LogP contribution in [0.5, 0.6) is 0 Å². The van der Waals surface area contributed by atoms with Crippen molar-refractivity contribution in [1.29, 1.82) is 5.26 Å². The number of carbonyl (C=O) groups is 1. The standard InChI is InChI=1S/C16H13ClN4O3S/c17-14-3-1-2-4-15(14)21-16(22)11(9-18)10-20-12-5-7-13(8-6-12)25(19,23)24/h1-8,10,20H,(H,21,22)(H2,19,23,24)/b11-10-. The first-order chi connectivity index (χ1) is 11.8. The molecule has 0 heterocycles. The predicted molar refractivity (Wildman–Crippen MR) is 95.2 cm³/mol. The van der Waals surface area contributed by atoms with Crippen LogP contribution in [0.1, 0.15) is 0 Å². The molecule has 0 fully saturated rings. The van der Waals surface area contributed by atoms with Crippen LogP contribution in [0.3, 0.4) is 0 Å². The van der Waals surface area contributed by atoms with Gasteiger partial charge in [0.25, 0.3) is 5.91 Å². The van der Waals surface area contributed by atoms with E-state index in [-0.39, 0.29) is 10.5 Å². The number of benzene rings is 2. The highest BCUT2D eigenvalue weighted by Crippen LogP contribution is 2.21. The van der Waals surface area contributed by atoms with Crippen LogP contribution in [0.4, 0.5) is 11.4 Å². The number of anilines is 2. The fourth-order valence-electron chi connectivity index (χ4n) is 1.80. The maximum atomic E-state index is 12.1. The van der Waals surface area contributed by atoms with Gasteiger partial charge in [0.2, 0.25) is 10.0 Å². The van der Waals surface area contributed by atoms with Crippen molar-refractivity contribution in [3.63, 3.8) is 0 Å². The zero-order valence-electron chi connectivity index (χ0n) is 12.7. The molecule has 0 aromatic heterocycles. The van der Waals surface area contributed by atoms with E-state index in [4.69, 9.17) is 22.0 Å². The van der Waals surface area contributed by atoms with Crippen LogP contribution in [0.2, 0.25) is 5.02 Å². The molecule has 0 spiro atoms. The van der Waals surface area contributed by atoms with Gasteiger partial charge in [-0.25, -0.2) is 13.6 Å². The summed E-state index contributed by atoms with van der Waals surface area (Å²) < 4.78 is 22.4. The molecular weight excluding hydrogens is 364 g/mol. The lowest BCUT2D eigenvalue weighted by Gasteiger charge is -2.07. The van der Waals surface area contributed by atoms with Gasteiger partial charge in [-0.3, -0.25) is 4.79 Å². The minimum Gasteiger partial charge on any atom is -0.360 e. The summed E-state index contributed by atoms with van der Waals surface area (Å²) >= 11 is 5.95. The third-order valence-electron chi connectivity index (χ3n) is 3.05. The molecule has 2 aromatic carbocycles. The van der Waals surface area contributed by atoms with Gasteiger partial charge in [-0.2, -0.15) is 5.26 Å². The van der Waals surface area contributed by atoms with Gasteiger partial charge in [0.1, 0.15) is 11.6 Å². The average molecular weight is 377 g/mol. The molecule has 4 N–H and O–H groups in total. The highest BCUT2D eigenvalue weighted by molar-refractivity contribution is 7.89. The molecule has 0 atom stereocenters. The summed E-state index contributed by atoms with van der Waals surface area (Å²) in [6, 6.07) is 13.9. The Morgan fingerprint density at radius 3 is 2.36 bits per heavy atom. The van der Waals surface area contributed by atoms with E-state index in [2.05, 4.69) is 10.6 Å². The number of hydrogen-bond acceptors (Lipinski definition) is 5. The van der Waals surface area contributed by atoms with Crippen LogP contribution in [-0.4, -0.2) is 14.3 Å². The van der Waals surface area contributed by atoms with Gasteiger partial charge in [0.05, 0.1) is 15.6 Å². The molecule has 0 aliphatic carbocycles. The maximum Gasteiger partial charge on any atom is 0.267 e. The minimum atomic E-state index is -3.78. The highest BCUT2D eigenvalue weighted by Gasteiger charge is 2.11. The smallest absolute Gasteiger partial charge is 0.267 e. The quantitative estimate of drug-likeness (QED) is 0.546. The summed E-state index contributed by atoms with van der Waals surface area (Å²) in [5, 5.41) is 19.8. The number of nitrogens with one attached hydrogen (secondary N) is 2. The van der Waals surface area contributed by atoms with Crippen molar-refractivity contribution >= 4 is 38.9 Å². The van der Waals surface area contributed by atoms with E-state index in [1.54, 1.807) is 30.3 Å². The van der Waals surface area contributed by atoms with Crippen molar-refractivity contribution in [3.8, 4) is 6.07 Å². The van der Waals surface area contributed by atoms with Crippen molar-refractivity contribution in [1.82, 2.24) is 0 Å². The third kappa shape index (κ3) is 5.06. The number of halogens is 1. The zero-order chi connectivity index (χ0) is 18.4. The van der Waals surface area contributed by atoms with Crippen LogP contribution in [-0.2, 0) is 14.8 Å². The molecule has 1 amide bonds. The van der Waals surface area contributed by atoms with Gasteiger partial charge in [0, 0.05) is 11.9 Å².